The van der Waals surface area contributed by atoms with E-state index in [4.69, 9.17) is 9.84 Å². The molecule has 1 aromatic heterocycles. The second-order valence-electron chi connectivity index (χ2n) is 5.98. The third-order valence-corrected chi connectivity index (χ3v) is 4.18. The number of benzene rings is 1. The van der Waals surface area contributed by atoms with Gasteiger partial charge in [0.15, 0.2) is 5.82 Å². The number of carboxylic acid groups (broad SMARTS) is 1. The highest BCUT2D eigenvalue weighted by Crippen LogP contribution is 2.27. The maximum Gasteiger partial charge on any atom is 0.303 e. The van der Waals surface area contributed by atoms with Crippen LogP contribution >= 0.6 is 0 Å². The molecule has 0 amide bonds. The van der Waals surface area contributed by atoms with Crippen LogP contribution in [0.1, 0.15) is 31.4 Å². The molecule has 1 heterocycles. The average Bonchev–Trinajstić information content (AvgIpc) is 2.53. The van der Waals surface area contributed by atoms with E-state index in [1.165, 1.54) is 19.3 Å². The molecule has 1 aromatic carbocycles. The number of aliphatic carboxylic acids is 1. The van der Waals surface area contributed by atoms with E-state index in [0.29, 0.717) is 11.7 Å². The Balaban J connectivity index is 1.65. The first-order valence-electron chi connectivity index (χ1n) is 8.03. The zero-order chi connectivity index (χ0) is 16.9. The van der Waals surface area contributed by atoms with Crippen LogP contribution in [0.2, 0.25) is 0 Å². The zero-order valence-corrected chi connectivity index (χ0v) is 13.2. The normalized spacial score (nSPS) is 14.2. The minimum Gasteiger partial charge on any atom is -0.493 e. The van der Waals surface area contributed by atoms with Gasteiger partial charge in [-0.15, -0.1) is 10.2 Å². The van der Waals surface area contributed by atoms with Gasteiger partial charge in [-0.25, -0.2) is 0 Å². The molecule has 1 saturated carbocycles. The fraction of sp³-hybridized carbons (Fsp3) is 0.412. The van der Waals surface area contributed by atoms with Crippen molar-refractivity contribution in [1.82, 2.24) is 15.2 Å². The van der Waals surface area contributed by atoms with Gasteiger partial charge in [0.25, 0.3) is 5.56 Å². The molecular weight excluding hydrogens is 310 g/mol. The van der Waals surface area contributed by atoms with Gasteiger partial charge >= 0.3 is 5.97 Å². The lowest BCUT2D eigenvalue weighted by Gasteiger charge is -2.25. The van der Waals surface area contributed by atoms with Crippen molar-refractivity contribution < 1.29 is 14.6 Å². The predicted molar refractivity (Wildman–Crippen MR) is 86.9 cm³/mol. The number of rotatable bonds is 7. The monoisotopic (exact) mass is 329 g/mol. The fourth-order valence-corrected chi connectivity index (χ4v) is 2.46. The Morgan fingerprint density at radius 1 is 1.25 bits per heavy atom. The molecule has 7 heteroatoms. The van der Waals surface area contributed by atoms with Crippen LogP contribution in [0.5, 0.6) is 5.75 Å². The summed E-state index contributed by atoms with van der Waals surface area (Å²) < 4.78 is 5.73. The highest BCUT2D eigenvalue weighted by molar-refractivity contribution is 5.66. The Morgan fingerprint density at radius 3 is 2.58 bits per heavy atom. The van der Waals surface area contributed by atoms with E-state index in [-0.39, 0.29) is 18.5 Å². The molecule has 0 bridgehead atoms. The van der Waals surface area contributed by atoms with Gasteiger partial charge in [0, 0.05) is 12.0 Å². The molecular formula is C17H19N3O4. The summed E-state index contributed by atoms with van der Waals surface area (Å²) in [5.74, 6) is 0.840. The van der Waals surface area contributed by atoms with Gasteiger partial charge in [0.2, 0.25) is 0 Å². The maximum absolute atomic E-state index is 11.9. The molecule has 0 unspecified atom stereocenters. The van der Waals surface area contributed by atoms with Crippen LogP contribution in [0.4, 0.5) is 0 Å². The van der Waals surface area contributed by atoms with Crippen LogP contribution in [0, 0.1) is 5.92 Å². The summed E-state index contributed by atoms with van der Waals surface area (Å²) in [6, 6.07) is 7.30. The molecule has 0 saturated heterocycles. The van der Waals surface area contributed by atoms with Crippen molar-refractivity contribution in [3.8, 4) is 17.1 Å². The van der Waals surface area contributed by atoms with Gasteiger partial charge in [0.1, 0.15) is 11.4 Å². The molecule has 24 heavy (non-hydrogen) atoms. The number of H-pyrrole nitrogens is 1. The molecule has 1 aliphatic carbocycles. The van der Waals surface area contributed by atoms with Crippen molar-refractivity contribution in [2.45, 2.75) is 32.1 Å². The third-order valence-electron chi connectivity index (χ3n) is 4.18. The van der Waals surface area contributed by atoms with E-state index in [1.54, 1.807) is 0 Å². The van der Waals surface area contributed by atoms with Crippen molar-refractivity contribution in [2.24, 2.45) is 5.92 Å². The van der Waals surface area contributed by atoms with Crippen molar-refractivity contribution in [1.29, 1.82) is 0 Å². The van der Waals surface area contributed by atoms with Crippen LogP contribution < -0.4 is 10.3 Å². The van der Waals surface area contributed by atoms with Crippen LogP contribution in [0.3, 0.4) is 0 Å². The number of ether oxygens (including phenoxy) is 1. The molecule has 0 aliphatic heterocycles. The number of carboxylic acids is 1. The Hall–Kier alpha value is -2.70. The zero-order valence-electron chi connectivity index (χ0n) is 13.2. The Bertz CT molecular complexity index is 766. The topological polar surface area (TPSA) is 105 Å². The van der Waals surface area contributed by atoms with Crippen LogP contribution in [0.15, 0.2) is 29.1 Å². The number of hydrogen-bond acceptors (Lipinski definition) is 5. The fourth-order valence-electron chi connectivity index (χ4n) is 2.46. The second-order valence-corrected chi connectivity index (χ2v) is 5.98. The van der Waals surface area contributed by atoms with Gasteiger partial charge in [0.05, 0.1) is 13.0 Å². The summed E-state index contributed by atoms with van der Waals surface area (Å²) in [5, 5.41) is 16.5. The molecule has 2 aromatic rings. The first kappa shape index (κ1) is 16.2. The maximum atomic E-state index is 11.9. The van der Waals surface area contributed by atoms with Gasteiger partial charge in [-0.05, 0) is 43.0 Å². The Morgan fingerprint density at radius 2 is 2.00 bits per heavy atom. The van der Waals surface area contributed by atoms with E-state index in [0.717, 1.165) is 17.9 Å². The van der Waals surface area contributed by atoms with Gasteiger partial charge in [-0.3, -0.25) is 9.59 Å². The highest BCUT2D eigenvalue weighted by Gasteiger charge is 2.17. The first-order chi connectivity index (χ1) is 11.6. The SMILES string of the molecule is O=C(O)CCc1nnc(-c2ccc(OCC3CCC3)cc2)[nH]c1=O. The Labute approximate surface area is 138 Å². The minimum atomic E-state index is -0.974. The molecule has 2 N–H and O–H groups in total. The van der Waals surface area contributed by atoms with E-state index < -0.39 is 11.5 Å². The lowest BCUT2D eigenvalue weighted by molar-refractivity contribution is -0.136. The van der Waals surface area contributed by atoms with Crippen LogP contribution in [0.25, 0.3) is 11.4 Å². The highest BCUT2D eigenvalue weighted by atomic mass is 16.5. The summed E-state index contributed by atoms with van der Waals surface area (Å²) in [5.41, 5.74) is 0.438. The summed E-state index contributed by atoms with van der Waals surface area (Å²) in [7, 11) is 0. The molecule has 7 nitrogen and oxygen atoms in total. The number of nitrogens with one attached hydrogen (secondary N) is 1. The van der Waals surface area contributed by atoms with Crippen LogP contribution in [-0.4, -0.2) is 32.9 Å². The molecule has 1 aliphatic rings. The summed E-state index contributed by atoms with van der Waals surface area (Å²) in [6.07, 6.45) is 3.68. The number of hydrogen-bond donors (Lipinski definition) is 2. The standard InChI is InChI=1S/C17H19N3O4/c21-15(22)9-8-14-17(23)18-16(20-19-14)12-4-6-13(7-5-12)24-10-11-2-1-3-11/h4-7,11H,1-3,8-10H2,(H,21,22)(H,18,20,23). The molecule has 0 radical (unpaired) electrons. The largest absolute Gasteiger partial charge is 0.493 e. The van der Waals surface area contributed by atoms with Gasteiger partial charge in [-0.1, -0.05) is 6.42 Å². The molecule has 0 spiro atoms. The second kappa shape index (κ2) is 7.25. The number of aromatic amines is 1. The molecule has 126 valence electrons. The average molecular weight is 329 g/mol. The number of aromatic nitrogens is 3. The summed E-state index contributed by atoms with van der Waals surface area (Å²) in [4.78, 5) is 25.1. The number of aryl methyl sites for hydroxylation is 1. The van der Waals surface area contributed by atoms with E-state index in [9.17, 15) is 9.59 Å². The van der Waals surface area contributed by atoms with Crippen molar-refractivity contribution in [3.05, 3.63) is 40.3 Å². The number of nitrogens with zero attached hydrogens (tertiary/aromatic N) is 2. The summed E-state index contributed by atoms with van der Waals surface area (Å²) in [6.45, 7) is 0.744. The quantitative estimate of drug-likeness (QED) is 0.805. The van der Waals surface area contributed by atoms with Crippen molar-refractivity contribution in [3.63, 3.8) is 0 Å². The molecule has 1 fully saturated rings. The first-order valence-corrected chi connectivity index (χ1v) is 8.03. The minimum absolute atomic E-state index is 0.0614. The third kappa shape index (κ3) is 3.98. The van der Waals surface area contributed by atoms with Gasteiger partial charge < -0.3 is 14.8 Å². The molecule has 0 atom stereocenters. The van der Waals surface area contributed by atoms with Gasteiger partial charge in [-0.2, -0.15) is 0 Å². The predicted octanol–water partition coefficient (Wildman–Crippen LogP) is 2.03. The summed E-state index contributed by atoms with van der Waals surface area (Å²) >= 11 is 0. The van der Waals surface area contributed by atoms with E-state index >= 15 is 0 Å². The van der Waals surface area contributed by atoms with Crippen molar-refractivity contribution in [2.75, 3.05) is 6.61 Å². The lowest BCUT2D eigenvalue weighted by atomic mass is 9.86. The van der Waals surface area contributed by atoms with Crippen LogP contribution in [-0.2, 0) is 11.2 Å². The lowest BCUT2D eigenvalue weighted by Crippen LogP contribution is -2.19. The Kier molecular flexibility index (Phi) is 4.88. The number of carbonyl (C=O) groups is 1. The smallest absolute Gasteiger partial charge is 0.303 e. The van der Waals surface area contributed by atoms with Crippen molar-refractivity contribution >= 4 is 5.97 Å². The van der Waals surface area contributed by atoms with E-state index in [2.05, 4.69) is 15.2 Å². The molecule has 3 rings (SSSR count). The van der Waals surface area contributed by atoms with E-state index in [1.807, 2.05) is 24.3 Å².